The molecule has 0 unspecified atom stereocenters. The largest absolute Gasteiger partial charge is 0.454 e. The molecule has 5 aromatic rings. The summed E-state index contributed by atoms with van der Waals surface area (Å²) in [7, 11) is 0. The summed E-state index contributed by atoms with van der Waals surface area (Å²) < 4.78 is 49.3. The quantitative estimate of drug-likeness (QED) is 0.0600. The van der Waals surface area contributed by atoms with Crippen LogP contribution in [0.4, 0.5) is 36.4 Å². The number of carbonyl (C=O) groups is 4. The van der Waals surface area contributed by atoms with E-state index in [-0.39, 0.29) is 23.1 Å². The highest BCUT2D eigenvalue weighted by molar-refractivity contribution is 6.65. The summed E-state index contributed by atoms with van der Waals surface area (Å²) in [4.78, 5) is 66.6. The Bertz CT molecular complexity index is 2250. The van der Waals surface area contributed by atoms with Crippen molar-refractivity contribution in [2.45, 2.75) is 30.6 Å². The van der Waals surface area contributed by atoms with Gasteiger partial charge in [0.05, 0.1) is 5.54 Å². The van der Waals surface area contributed by atoms with Gasteiger partial charge in [-0.3, -0.25) is 19.2 Å². The molecule has 0 aliphatic heterocycles. The fraction of sp³-hybridized carbons (Fsp3) is 0.189. The lowest BCUT2D eigenvalue weighted by molar-refractivity contribution is -0.154. The molecule has 0 spiro atoms. The van der Waals surface area contributed by atoms with Crippen molar-refractivity contribution in [1.29, 1.82) is 0 Å². The molecule has 0 saturated heterocycles. The van der Waals surface area contributed by atoms with Crippen LogP contribution < -0.4 is 36.1 Å². The highest BCUT2D eigenvalue weighted by Crippen LogP contribution is 2.48. The molecule has 1 aliphatic carbocycles. The van der Waals surface area contributed by atoms with Crippen LogP contribution in [0.15, 0.2) is 97.2 Å². The number of anilines is 4. The highest BCUT2D eigenvalue weighted by atomic mass is 35.5. The van der Waals surface area contributed by atoms with Crippen molar-refractivity contribution >= 4 is 69.4 Å². The van der Waals surface area contributed by atoms with Crippen molar-refractivity contribution in [1.82, 2.24) is 30.6 Å². The Morgan fingerprint density at radius 1 is 0.842 bits per heavy atom. The Hall–Kier alpha value is -6.53. The first-order valence-electron chi connectivity index (χ1n) is 16.9. The number of benzene rings is 3. The summed E-state index contributed by atoms with van der Waals surface area (Å²) in [6.45, 7) is -2.15. The molecule has 1 atom stereocenters. The molecule has 294 valence electrons. The molecule has 0 bridgehead atoms. The number of halogens is 5. The molecule has 1 aliphatic rings. The molecule has 57 heavy (non-hydrogen) atoms. The van der Waals surface area contributed by atoms with E-state index >= 15 is 0 Å². The Morgan fingerprint density at radius 2 is 1.58 bits per heavy atom. The predicted molar refractivity (Wildman–Crippen MR) is 202 cm³/mol. The number of ether oxygens (including phenoxy) is 2. The third-order valence-corrected chi connectivity index (χ3v) is 8.60. The normalized spacial score (nSPS) is 13.4. The number of carbonyl (C=O) groups excluding carboxylic acids is 4. The summed E-state index contributed by atoms with van der Waals surface area (Å²) in [6, 6.07) is 22.0. The minimum absolute atomic E-state index is 0.0464. The first kappa shape index (κ1) is 40.1. The molecule has 2 aromatic heterocycles. The van der Waals surface area contributed by atoms with Gasteiger partial charge in [0.2, 0.25) is 23.0 Å². The zero-order valence-corrected chi connectivity index (χ0v) is 30.8. The van der Waals surface area contributed by atoms with Crippen LogP contribution in [0.5, 0.6) is 17.6 Å². The van der Waals surface area contributed by atoms with Crippen molar-refractivity contribution in [2.75, 3.05) is 29.1 Å². The zero-order valence-electron chi connectivity index (χ0n) is 29.3. The van der Waals surface area contributed by atoms with E-state index in [4.69, 9.17) is 32.7 Å². The zero-order chi connectivity index (χ0) is 40.6. The van der Waals surface area contributed by atoms with Gasteiger partial charge in [-0.15, -0.1) is 0 Å². The van der Waals surface area contributed by atoms with E-state index < -0.39 is 59.9 Å². The van der Waals surface area contributed by atoms with Gasteiger partial charge in [0.1, 0.15) is 11.8 Å². The SMILES string of the molecule is O=C(NC[C@H](NC(=O)c1ccc(Nc2nc(NC3(c4ccc(Cl)cc4)CC3)nc(OCC(F)(F)F)n2)cc1)C(=O)Cl)C(=O)Nc1cccc(Oc2ccccn2)c1. The van der Waals surface area contributed by atoms with Gasteiger partial charge >= 0.3 is 24.0 Å². The van der Waals surface area contributed by atoms with Crippen molar-refractivity contribution in [3.05, 3.63) is 113 Å². The van der Waals surface area contributed by atoms with Crippen LogP contribution in [-0.2, 0) is 19.9 Å². The van der Waals surface area contributed by atoms with E-state index in [0.717, 1.165) is 5.56 Å². The predicted octanol–water partition coefficient (Wildman–Crippen LogP) is 6.12. The molecule has 2 heterocycles. The molecule has 20 heteroatoms. The maximum Gasteiger partial charge on any atom is 0.422 e. The molecule has 3 aromatic carbocycles. The second-order valence-electron chi connectivity index (χ2n) is 12.4. The van der Waals surface area contributed by atoms with Crippen LogP contribution in [-0.4, -0.2) is 68.3 Å². The van der Waals surface area contributed by atoms with Gasteiger partial charge < -0.3 is 36.1 Å². The van der Waals surface area contributed by atoms with Crippen LogP contribution in [0.3, 0.4) is 0 Å². The summed E-state index contributed by atoms with van der Waals surface area (Å²) in [5, 5.41) is 12.6. The number of nitrogens with zero attached hydrogens (tertiary/aromatic N) is 4. The van der Waals surface area contributed by atoms with Crippen molar-refractivity contribution in [3.63, 3.8) is 0 Å². The van der Waals surface area contributed by atoms with E-state index in [1.54, 1.807) is 48.7 Å². The van der Waals surface area contributed by atoms with Crippen LogP contribution >= 0.6 is 23.2 Å². The van der Waals surface area contributed by atoms with E-state index in [0.29, 0.717) is 35.2 Å². The molecular weight excluding hydrogens is 794 g/mol. The number of pyridine rings is 1. The second kappa shape index (κ2) is 17.5. The van der Waals surface area contributed by atoms with Crippen LogP contribution in [0.25, 0.3) is 0 Å². The first-order chi connectivity index (χ1) is 27.2. The second-order valence-corrected chi connectivity index (χ2v) is 13.2. The van der Waals surface area contributed by atoms with Gasteiger partial charge in [0.15, 0.2) is 6.61 Å². The smallest absolute Gasteiger partial charge is 0.422 e. The Kier molecular flexibility index (Phi) is 12.3. The molecule has 1 fully saturated rings. The minimum Gasteiger partial charge on any atom is -0.454 e. The summed E-state index contributed by atoms with van der Waals surface area (Å²) in [6.07, 6.45) is -1.71. The van der Waals surface area contributed by atoms with Gasteiger partial charge in [0.25, 0.3) is 5.91 Å². The maximum atomic E-state index is 13.0. The van der Waals surface area contributed by atoms with Crippen LogP contribution in [0, 0.1) is 0 Å². The van der Waals surface area contributed by atoms with E-state index in [1.807, 2.05) is 12.1 Å². The summed E-state index contributed by atoms with van der Waals surface area (Å²) in [5.74, 6) is -2.47. The van der Waals surface area contributed by atoms with E-state index in [2.05, 4.69) is 46.5 Å². The van der Waals surface area contributed by atoms with Gasteiger partial charge in [0, 0.05) is 46.8 Å². The van der Waals surface area contributed by atoms with E-state index in [9.17, 15) is 32.3 Å². The number of aromatic nitrogens is 4. The lowest BCUT2D eigenvalue weighted by Crippen LogP contribution is -2.49. The number of hydrogen-bond donors (Lipinski definition) is 5. The fourth-order valence-electron chi connectivity index (χ4n) is 5.17. The standard InChI is InChI=1S/C37H30Cl2F3N9O6/c38-23-11-9-22(10-12-23)36(15-16-36)51-34-48-33(49-35(50-34)56-20-37(40,41)42)46-24-13-7-21(8-14-24)30(53)47-27(29(39)52)19-44-31(54)32(55)45-25-4-3-5-26(18-25)57-28-6-1-2-17-43-28/h1-14,17-18,27H,15-16,19-20H2,(H,44,54)(H,45,55)(H,47,53)(H2,46,48,49,50,51)/t27-/m0/s1. The number of alkyl halides is 3. The van der Waals surface area contributed by atoms with Gasteiger partial charge in [-0.1, -0.05) is 35.9 Å². The van der Waals surface area contributed by atoms with Crippen molar-refractivity contribution in [3.8, 4) is 17.6 Å². The average Bonchev–Trinajstić information content (AvgIpc) is 3.96. The lowest BCUT2D eigenvalue weighted by atomic mass is 10.1. The Morgan fingerprint density at radius 3 is 2.25 bits per heavy atom. The number of rotatable bonds is 15. The van der Waals surface area contributed by atoms with Crippen LogP contribution in [0.1, 0.15) is 28.8 Å². The molecule has 1 saturated carbocycles. The van der Waals surface area contributed by atoms with Gasteiger partial charge in [-0.05, 0) is 84.6 Å². The third kappa shape index (κ3) is 11.5. The average molecular weight is 825 g/mol. The molecule has 6 rings (SSSR count). The lowest BCUT2D eigenvalue weighted by Gasteiger charge is -2.19. The third-order valence-electron chi connectivity index (χ3n) is 8.09. The summed E-state index contributed by atoms with van der Waals surface area (Å²) in [5.41, 5.74) is 0.932. The number of nitrogens with one attached hydrogen (secondary N) is 5. The molecule has 5 N–H and O–H groups in total. The van der Waals surface area contributed by atoms with Crippen molar-refractivity contribution in [2.24, 2.45) is 0 Å². The Labute approximate surface area is 331 Å². The highest BCUT2D eigenvalue weighted by Gasteiger charge is 2.45. The van der Waals surface area contributed by atoms with E-state index in [1.165, 1.54) is 36.4 Å². The maximum absolute atomic E-state index is 13.0. The number of amides is 3. The topological polar surface area (TPSA) is 198 Å². The molecule has 3 amide bonds. The monoisotopic (exact) mass is 823 g/mol. The van der Waals surface area contributed by atoms with Gasteiger partial charge in [-0.2, -0.15) is 28.1 Å². The van der Waals surface area contributed by atoms with Crippen molar-refractivity contribution < 1.29 is 41.8 Å². The minimum atomic E-state index is -4.65. The molecule has 15 nitrogen and oxygen atoms in total. The number of hydrogen-bond acceptors (Lipinski definition) is 12. The molecular formula is C37H30Cl2F3N9O6. The Balaban J connectivity index is 1.05. The van der Waals surface area contributed by atoms with Gasteiger partial charge in [-0.25, -0.2) is 4.98 Å². The molecule has 0 radical (unpaired) electrons. The first-order valence-corrected chi connectivity index (χ1v) is 17.6. The summed E-state index contributed by atoms with van der Waals surface area (Å²) >= 11 is 11.7. The fourth-order valence-corrected chi connectivity index (χ4v) is 5.42. The van der Waals surface area contributed by atoms with Crippen LogP contribution in [0.2, 0.25) is 5.02 Å².